The number of piperidine rings is 1. The van der Waals surface area contributed by atoms with Crippen molar-refractivity contribution in [1.29, 1.82) is 0 Å². The van der Waals surface area contributed by atoms with Crippen molar-refractivity contribution >= 4 is 10.2 Å². The Hall–Kier alpha value is -1.29. The fourth-order valence-electron chi connectivity index (χ4n) is 2.67. The van der Waals surface area contributed by atoms with Gasteiger partial charge in [0, 0.05) is 32.0 Å². The molecule has 3 rings (SSSR count). The van der Waals surface area contributed by atoms with Crippen LogP contribution in [0.2, 0.25) is 0 Å². The van der Waals surface area contributed by atoms with Crippen molar-refractivity contribution in [3.05, 3.63) is 18.6 Å². The van der Waals surface area contributed by atoms with Gasteiger partial charge < -0.3 is 9.47 Å². The van der Waals surface area contributed by atoms with E-state index in [1.54, 1.807) is 12.4 Å². The molecule has 0 saturated carbocycles. The summed E-state index contributed by atoms with van der Waals surface area (Å²) < 4.78 is 39.3. The normalized spacial score (nSPS) is 25.0. The molecule has 0 N–H and O–H groups in total. The molecule has 122 valence electrons. The first-order valence-corrected chi connectivity index (χ1v) is 8.81. The molecule has 1 unspecified atom stereocenters. The van der Waals surface area contributed by atoms with Gasteiger partial charge in [0.25, 0.3) is 10.2 Å². The van der Waals surface area contributed by atoms with E-state index in [2.05, 4.69) is 9.97 Å². The Morgan fingerprint density at radius 2 is 2.00 bits per heavy atom. The van der Waals surface area contributed by atoms with Crippen molar-refractivity contribution in [2.24, 2.45) is 0 Å². The van der Waals surface area contributed by atoms with Crippen LogP contribution in [0, 0.1) is 0 Å². The molecule has 1 aromatic heterocycles. The average molecular weight is 328 g/mol. The van der Waals surface area contributed by atoms with E-state index in [-0.39, 0.29) is 6.10 Å². The third-order valence-electron chi connectivity index (χ3n) is 3.79. The number of nitrogens with zero attached hydrogens (tertiary/aromatic N) is 4. The zero-order chi connectivity index (χ0) is 15.4. The van der Waals surface area contributed by atoms with Gasteiger partial charge in [-0.2, -0.15) is 17.0 Å². The van der Waals surface area contributed by atoms with E-state index in [1.165, 1.54) is 14.8 Å². The van der Waals surface area contributed by atoms with Crippen LogP contribution in [0.25, 0.3) is 0 Å². The third-order valence-corrected chi connectivity index (χ3v) is 5.79. The molecule has 0 aromatic carbocycles. The molecule has 2 aliphatic heterocycles. The molecule has 2 saturated heterocycles. The second kappa shape index (κ2) is 6.86. The molecular formula is C13H20N4O4S. The number of hydrogen-bond donors (Lipinski definition) is 0. The highest BCUT2D eigenvalue weighted by molar-refractivity contribution is 7.86. The van der Waals surface area contributed by atoms with Crippen LogP contribution in [0.4, 0.5) is 0 Å². The third kappa shape index (κ3) is 3.54. The van der Waals surface area contributed by atoms with Gasteiger partial charge in [0.15, 0.2) is 0 Å². The molecule has 0 amide bonds. The van der Waals surface area contributed by atoms with Crippen LogP contribution >= 0.6 is 0 Å². The zero-order valence-corrected chi connectivity index (χ0v) is 13.1. The predicted molar refractivity (Wildman–Crippen MR) is 78.6 cm³/mol. The van der Waals surface area contributed by atoms with Crippen LogP contribution in [0.3, 0.4) is 0 Å². The highest BCUT2D eigenvalue weighted by atomic mass is 32.2. The van der Waals surface area contributed by atoms with Crippen LogP contribution in [0.5, 0.6) is 5.88 Å². The highest BCUT2D eigenvalue weighted by Gasteiger charge is 2.35. The van der Waals surface area contributed by atoms with Crippen LogP contribution in [-0.2, 0) is 14.9 Å². The second-order valence-corrected chi connectivity index (χ2v) is 7.23. The fraction of sp³-hybridized carbons (Fsp3) is 0.692. The first-order chi connectivity index (χ1) is 10.7. The number of morpholine rings is 1. The first kappa shape index (κ1) is 15.6. The summed E-state index contributed by atoms with van der Waals surface area (Å²) in [6, 6.07) is 0. The Bertz CT molecular complexity index is 577. The lowest BCUT2D eigenvalue weighted by atomic mass is 10.1. The minimum Gasteiger partial charge on any atom is -0.472 e. The number of aromatic nitrogens is 2. The molecular weight excluding hydrogens is 308 g/mol. The smallest absolute Gasteiger partial charge is 0.282 e. The van der Waals surface area contributed by atoms with Crippen LogP contribution < -0.4 is 4.74 Å². The Labute approximate surface area is 130 Å². The molecule has 22 heavy (non-hydrogen) atoms. The molecule has 8 nitrogen and oxygen atoms in total. The van der Waals surface area contributed by atoms with Gasteiger partial charge in [0.2, 0.25) is 5.88 Å². The van der Waals surface area contributed by atoms with Gasteiger partial charge in [0.05, 0.1) is 26.0 Å². The SMILES string of the molecule is O=S(=O)(N1CCOCC1)N1CCCC(Oc2cnccn2)C1. The van der Waals surface area contributed by atoms with E-state index < -0.39 is 10.2 Å². The molecule has 2 aliphatic rings. The maximum Gasteiger partial charge on any atom is 0.282 e. The van der Waals surface area contributed by atoms with Gasteiger partial charge in [-0.1, -0.05) is 0 Å². The molecule has 1 aromatic rings. The Morgan fingerprint density at radius 1 is 1.18 bits per heavy atom. The maximum atomic E-state index is 12.7. The molecule has 0 aliphatic carbocycles. The van der Waals surface area contributed by atoms with Crippen LogP contribution in [0.15, 0.2) is 18.6 Å². The lowest BCUT2D eigenvalue weighted by Gasteiger charge is -2.36. The molecule has 2 fully saturated rings. The Balaban J connectivity index is 1.64. The quantitative estimate of drug-likeness (QED) is 0.767. The van der Waals surface area contributed by atoms with E-state index in [0.29, 0.717) is 45.3 Å². The van der Waals surface area contributed by atoms with Crippen molar-refractivity contribution in [3.63, 3.8) is 0 Å². The first-order valence-electron chi connectivity index (χ1n) is 7.42. The van der Waals surface area contributed by atoms with E-state index in [9.17, 15) is 8.42 Å². The number of hydrogen-bond acceptors (Lipinski definition) is 6. The molecule has 9 heteroatoms. The highest BCUT2D eigenvalue weighted by Crippen LogP contribution is 2.20. The predicted octanol–water partition coefficient (Wildman–Crippen LogP) is -0.103. The summed E-state index contributed by atoms with van der Waals surface area (Å²) in [4.78, 5) is 8.02. The van der Waals surface area contributed by atoms with Crippen molar-refractivity contribution in [2.75, 3.05) is 39.4 Å². The van der Waals surface area contributed by atoms with Crippen LogP contribution in [0.1, 0.15) is 12.8 Å². The topological polar surface area (TPSA) is 84.9 Å². The van der Waals surface area contributed by atoms with E-state index in [4.69, 9.17) is 9.47 Å². The van der Waals surface area contributed by atoms with Gasteiger partial charge in [-0.25, -0.2) is 4.98 Å². The lowest BCUT2D eigenvalue weighted by Crippen LogP contribution is -2.53. The molecule has 0 spiro atoms. The second-order valence-electron chi connectivity index (χ2n) is 5.30. The summed E-state index contributed by atoms with van der Waals surface area (Å²) in [7, 11) is -3.44. The van der Waals surface area contributed by atoms with Gasteiger partial charge in [0.1, 0.15) is 6.10 Å². The summed E-state index contributed by atoms with van der Waals surface area (Å²) in [5.74, 6) is 0.429. The molecule has 0 radical (unpaired) electrons. The summed E-state index contributed by atoms with van der Waals surface area (Å²) in [6.45, 7) is 2.60. The van der Waals surface area contributed by atoms with Gasteiger partial charge in [-0.3, -0.25) is 4.98 Å². The summed E-state index contributed by atoms with van der Waals surface area (Å²) in [6.07, 6.45) is 6.06. The Morgan fingerprint density at radius 3 is 2.73 bits per heavy atom. The number of rotatable bonds is 4. The van der Waals surface area contributed by atoms with E-state index in [0.717, 1.165) is 12.8 Å². The van der Waals surface area contributed by atoms with E-state index >= 15 is 0 Å². The van der Waals surface area contributed by atoms with E-state index in [1.807, 2.05) is 0 Å². The largest absolute Gasteiger partial charge is 0.472 e. The lowest BCUT2D eigenvalue weighted by molar-refractivity contribution is 0.0663. The monoisotopic (exact) mass is 328 g/mol. The number of ether oxygens (including phenoxy) is 2. The zero-order valence-electron chi connectivity index (χ0n) is 12.3. The minimum absolute atomic E-state index is 0.193. The van der Waals surface area contributed by atoms with Crippen molar-refractivity contribution in [3.8, 4) is 5.88 Å². The summed E-state index contributed by atoms with van der Waals surface area (Å²) in [5, 5.41) is 0. The van der Waals surface area contributed by atoms with Crippen molar-refractivity contribution < 1.29 is 17.9 Å². The average Bonchev–Trinajstić information content (AvgIpc) is 2.57. The standard InChI is InChI=1S/C13H20N4O4S/c18-22(19,16-6-8-20-9-7-16)17-5-1-2-12(11-17)21-13-10-14-3-4-15-13/h3-4,10,12H,1-2,5-9,11H2. The molecule has 3 heterocycles. The minimum atomic E-state index is -3.44. The fourth-order valence-corrected chi connectivity index (χ4v) is 4.32. The summed E-state index contributed by atoms with van der Waals surface area (Å²) in [5.41, 5.74) is 0. The van der Waals surface area contributed by atoms with Gasteiger partial charge in [-0.15, -0.1) is 0 Å². The maximum absolute atomic E-state index is 12.7. The Kier molecular flexibility index (Phi) is 4.87. The van der Waals surface area contributed by atoms with Crippen molar-refractivity contribution in [2.45, 2.75) is 18.9 Å². The van der Waals surface area contributed by atoms with Crippen LogP contribution in [-0.4, -0.2) is 72.5 Å². The molecule has 1 atom stereocenters. The summed E-state index contributed by atoms with van der Waals surface area (Å²) >= 11 is 0. The van der Waals surface area contributed by atoms with Gasteiger partial charge >= 0.3 is 0 Å². The molecule has 0 bridgehead atoms. The van der Waals surface area contributed by atoms with Crippen molar-refractivity contribution in [1.82, 2.24) is 18.6 Å². The van der Waals surface area contributed by atoms with Gasteiger partial charge in [-0.05, 0) is 12.8 Å².